The predicted octanol–water partition coefficient (Wildman–Crippen LogP) is 2.58. The first-order chi connectivity index (χ1) is 7.75. The maximum Gasteiger partial charge on any atom is 0.363 e. The number of nitrogens with zero attached hydrogens (tertiary/aromatic N) is 2. The molecule has 16 heavy (non-hydrogen) atoms. The Balaban J connectivity index is 2.14. The number of aromatic nitrogens is 1. The van der Waals surface area contributed by atoms with E-state index in [1.54, 1.807) is 24.3 Å². The second-order valence-corrected chi connectivity index (χ2v) is 2.95. The van der Waals surface area contributed by atoms with Crippen LogP contribution in [0.5, 0.6) is 11.5 Å². The first-order valence-corrected chi connectivity index (χ1v) is 4.50. The third-order valence-corrected chi connectivity index (χ3v) is 1.83. The van der Waals surface area contributed by atoms with Crippen LogP contribution < -0.4 is 4.74 Å². The standard InChI is InChI=1S/C11H7N2O3/c14-13(15)11-7-6-10(8-12-11)16-9-4-2-1-3-5-9/h2-8H. The zero-order chi connectivity index (χ0) is 11.4. The van der Waals surface area contributed by atoms with Gasteiger partial charge in [0.15, 0.2) is 11.9 Å². The van der Waals surface area contributed by atoms with Crippen LogP contribution in [0.15, 0.2) is 42.6 Å². The van der Waals surface area contributed by atoms with Gasteiger partial charge in [-0.1, -0.05) is 12.1 Å². The summed E-state index contributed by atoms with van der Waals surface area (Å²) < 4.78 is 5.41. The van der Waals surface area contributed by atoms with Crippen LogP contribution in [0.3, 0.4) is 0 Å². The van der Waals surface area contributed by atoms with Gasteiger partial charge in [0.05, 0.1) is 0 Å². The van der Waals surface area contributed by atoms with Crippen molar-refractivity contribution in [3.8, 4) is 11.5 Å². The molecule has 0 aliphatic carbocycles. The van der Waals surface area contributed by atoms with E-state index in [0.29, 0.717) is 11.5 Å². The topological polar surface area (TPSA) is 65.3 Å². The molecule has 0 saturated heterocycles. The number of benzene rings is 1. The lowest BCUT2D eigenvalue weighted by Gasteiger charge is -2.02. The molecule has 0 spiro atoms. The van der Waals surface area contributed by atoms with Crippen LogP contribution in [0.25, 0.3) is 0 Å². The van der Waals surface area contributed by atoms with E-state index in [4.69, 9.17) is 4.74 Å². The lowest BCUT2D eigenvalue weighted by Crippen LogP contribution is -1.91. The highest BCUT2D eigenvalue weighted by atomic mass is 16.6. The fraction of sp³-hybridized carbons (Fsp3) is 0. The lowest BCUT2D eigenvalue weighted by atomic mass is 10.3. The van der Waals surface area contributed by atoms with E-state index in [1.165, 1.54) is 18.3 Å². The molecule has 2 rings (SSSR count). The molecule has 1 heterocycles. The summed E-state index contributed by atoms with van der Waals surface area (Å²) in [6.45, 7) is 0. The molecule has 0 atom stereocenters. The van der Waals surface area contributed by atoms with E-state index in [2.05, 4.69) is 11.1 Å². The van der Waals surface area contributed by atoms with E-state index in [1.807, 2.05) is 0 Å². The minimum atomic E-state index is -0.554. The van der Waals surface area contributed by atoms with Crippen molar-refractivity contribution < 1.29 is 9.66 Å². The van der Waals surface area contributed by atoms with Crippen LogP contribution >= 0.6 is 0 Å². The third kappa shape index (κ3) is 2.33. The molecule has 79 valence electrons. The summed E-state index contributed by atoms with van der Waals surface area (Å²) in [5, 5.41) is 10.4. The van der Waals surface area contributed by atoms with Crippen LogP contribution in [0.4, 0.5) is 5.82 Å². The average molecular weight is 215 g/mol. The first kappa shape index (κ1) is 10.1. The van der Waals surface area contributed by atoms with Gasteiger partial charge >= 0.3 is 5.82 Å². The van der Waals surface area contributed by atoms with Gasteiger partial charge in [0.25, 0.3) is 0 Å². The average Bonchev–Trinajstić information content (AvgIpc) is 2.31. The molecule has 2 aromatic rings. The summed E-state index contributed by atoms with van der Waals surface area (Å²) in [6.07, 6.45) is 1.31. The monoisotopic (exact) mass is 215 g/mol. The van der Waals surface area contributed by atoms with E-state index >= 15 is 0 Å². The second kappa shape index (κ2) is 4.39. The molecule has 5 heteroatoms. The summed E-state index contributed by atoms with van der Waals surface area (Å²) >= 11 is 0. The number of pyridine rings is 1. The van der Waals surface area contributed by atoms with Crippen LogP contribution in [0.1, 0.15) is 0 Å². The Morgan fingerprint density at radius 2 is 1.94 bits per heavy atom. The van der Waals surface area contributed by atoms with Gasteiger partial charge in [0.2, 0.25) is 0 Å². The van der Waals surface area contributed by atoms with Gasteiger partial charge < -0.3 is 14.9 Å². The third-order valence-electron chi connectivity index (χ3n) is 1.83. The van der Waals surface area contributed by atoms with Crippen molar-refractivity contribution in [2.24, 2.45) is 0 Å². The predicted molar refractivity (Wildman–Crippen MR) is 56.2 cm³/mol. The molecule has 1 radical (unpaired) electrons. The summed E-state index contributed by atoms with van der Waals surface area (Å²) in [7, 11) is 0. The normalized spacial score (nSPS) is 9.75. The van der Waals surface area contributed by atoms with Crippen molar-refractivity contribution in [1.29, 1.82) is 0 Å². The van der Waals surface area contributed by atoms with Gasteiger partial charge in [-0.3, -0.25) is 0 Å². The maximum atomic E-state index is 10.4. The van der Waals surface area contributed by atoms with Gasteiger partial charge in [-0.15, -0.1) is 0 Å². The Labute approximate surface area is 91.5 Å². The van der Waals surface area contributed by atoms with Crippen molar-refractivity contribution >= 4 is 5.82 Å². The lowest BCUT2D eigenvalue weighted by molar-refractivity contribution is -0.389. The number of hydrogen-bond donors (Lipinski definition) is 0. The van der Waals surface area contributed by atoms with Gasteiger partial charge in [-0.2, -0.15) is 0 Å². The molecule has 0 unspecified atom stereocenters. The zero-order valence-electron chi connectivity index (χ0n) is 8.16. The molecule has 0 aliphatic heterocycles. The fourth-order valence-electron chi connectivity index (χ4n) is 1.12. The Bertz CT molecular complexity index is 482. The number of rotatable bonds is 3. The van der Waals surface area contributed by atoms with Crippen LogP contribution in [0.2, 0.25) is 0 Å². The summed E-state index contributed by atoms with van der Waals surface area (Å²) in [4.78, 5) is 13.5. The summed E-state index contributed by atoms with van der Waals surface area (Å²) in [5.74, 6) is 0.889. The van der Waals surface area contributed by atoms with E-state index in [-0.39, 0.29) is 5.82 Å². The highest BCUT2D eigenvalue weighted by molar-refractivity contribution is 5.32. The van der Waals surface area contributed by atoms with Crippen molar-refractivity contribution in [2.75, 3.05) is 0 Å². The van der Waals surface area contributed by atoms with Crippen LogP contribution in [-0.2, 0) is 0 Å². The molecule has 0 fully saturated rings. The minimum absolute atomic E-state index is 0.200. The molecule has 0 aliphatic rings. The van der Waals surface area contributed by atoms with Crippen molar-refractivity contribution in [3.05, 3.63) is 58.8 Å². The summed E-state index contributed by atoms with van der Waals surface area (Å²) in [6, 6.07) is 12.6. The van der Waals surface area contributed by atoms with Crippen molar-refractivity contribution in [3.63, 3.8) is 0 Å². The largest absolute Gasteiger partial charge is 0.453 e. The molecule has 5 nitrogen and oxygen atoms in total. The minimum Gasteiger partial charge on any atom is -0.453 e. The van der Waals surface area contributed by atoms with Crippen LogP contribution in [0, 0.1) is 16.2 Å². The Hall–Kier alpha value is -2.43. The summed E-state index contributed by atoms with van der Waals surface area (Å²) in [5.41, 5.74) is 0. The fourth-order valence-corrected chi connectivity index (χ4v) is 1.12. The number of ether oxygens (including phenoxy) is 1. The molecular weight excluding hydrogens is 208 g/mol. The quantitative estimate of drug-likeness (QED) is 0.583. The van der Waals surface area contributed by atoms with E-state index in [0.717, 1.165) is 0 Å². The molecule has 0 bridgehead atoms. The second-order valence-electron chi connectivity index (χ2n) is 2.95. The highest BCUT2D eigenvalue weighted by Crippen LogP contribution is 2.21. The zero-order valence-corrected chi connectivity index (χ0v) is 8.16. The van der Waals surface area contributed by atoms with Crippen molar-refractivity contribution in [2.45, 2.75) is 0 Å². The van der Waals surface area contributed by atoms with Gasteiger partial charge in [0, 0.05) is 6.07 Å². The number of hydrogen-bond acceptors (Lipinski definition) is 4. The van der Waals surface area contributed by atoms with Gasteiger partial charge in [-0.25, -0.2) is 0 Å². The Morgan fingerprint density at radius 3 is 2.50 bits per heavy atom. The van der Waals surface area contributed by atoms with E-state index in [9.17, 15) is 10.1 Å². The van der Waals surface area contributed by atoms with E-state index < -0.39 is 4.92 Å². The van der Waals surface area contributed by atoms with Crippen LogP contribution in [-0.4, -0.2) is 9.91 Å². The van der Waals surface area contributed by atoms with Gasteiger partial charge in [-0.05, 0) is 34.2 Å². The Morgan fingerprint density at radius 1 is 1.19 bits per heavy atom. The first-order valence-electron chi connectivity index (χ1n) is 4.50. The molecular formula is C11H7N2O3. The molecule has 1 aromatic heterocycles. The molecule has 0 N–H and O–H groups in total. The molecule has 0 amide bonds. The SMILES string of the molecule is O=[N+]([O-])c1ccc(Oc2cc[c]cc2)cn1. The van der Waals surface area contributed by atoms with Crippen molar-refractivity contribution in [1.82, 2.24) is 4.98 Å². The number of nitro groups is 1. The highest BCUT2D eigenvalue weighted by Gasteiger charge is 2.06. The Kier molecular flexibility index (Phi) is 2.77. The molecule has 1 aromatic carbocycles. The maximum absolute atomic E-state index is 10.4. The smallest absolute Gasteiger partial charge is 0.363 e. The van der Waals surface area contributed by atoms with Gasteiger partial charge in [0.1, 0.15) is 5.75 Å². The molecule has 0 saturated carbocycles.